The van der Waals surface area contributed by atoms with Crippen LogP contribution in [0.1, 0.15) is 30.1 Å². The van der Waals surface area contributed by atoms with Gasteiger partial charge in [-0.2, -0.15) is 0 Å². The van der Waals surface area contributed by atoms with Gasteiger partial charge in [0.05, 0.1) is 6.54 Å². The molecule has 2 amide bonds. The van der Waals surface area contributed by atoms with E-state index in [1.807, 2.05) is 31.3 Å². The van der Waals surface area contributed by atoms with Gasteiger partial charge >= 0.3 is 6.09 Å². The quantitative estimate of drug-likeness (QED) is 0.746. The molecular formula is C17H25N3O3. The summed E-state index contributed by atoms with van der Waals surface area (Å²) in [5, 5.41) is 2.88. The second kappa shape index (κ2) is 8.41. The normalized spacial score (nSPS) is 13.8. The molecule has 6 heteroatoms. The predicted octanol–water partition coefficient (Wildman–Crippen LogP) is 2.10. The SMILES string of the molecule is CCCN(C)c1ccc(C(=O)NCCCN2CCOC2=O)cc1. The van der Waals surface area contributed by atoms with Gasteiger partial charge in [0.2, 0.25) is 0 Å². The van der Waals surface area contributed by atoms with E-state index in [1.54, 1.807) is 4.90 Å². The molecule has 0 atom stereocenters. The second-order valence-electron chi connectivity index (χ2n) is 5.68. The van der Waals surface area contributed by atoms with E-state index in [9.17, 15) is 9.59 Å². The first-order chi connectivity index (χ1) is 11.1. The van der Waals surface area contributed by atoms with Crippen molar-refractivity contribution in [1.82, 2.24) is 10.2 Å². The van der Waals surface area contributed by atoms with Crippen molar-refractivity contribution in [3.05, 3.63) is 29.8 Å². The summed E-state index contributed by atoms with van der Waals surface area (Å²) in [6.45, 7) is 5.38. The van der Waals surface area contributed by atoms with Gasteiger partial charge < -0.3 is 19.9 Å². The van der Waals surface area contributed by atoms with Gasteiger partial charge in [-0.15, -0.1) is 0 Å². The number of hydrogen-bond acceptors (Lipinski definition) is 4. The topological polar surface area (TPSA) is 61.9 Å². The van der Waals surface area contributed by atoms with Gasteiger partial charge in [-0.25, -0.2) is 4.79 Å². The van der Waals surface area contributed by atoms with Crippen molar-refractivity contribution < 1.29 is 14.3 Å². The molecule has 1 N–H and O–H groups in total. The number of cyclic esters (lactones) is 1. The largest absolute Gasteiger partial charge is 0.448 e. The summed E-state index contributed by atoms with van der Waals surface area (Å²) in [7, 11) is 2.04. The lowest BCUT2D eigenvalue weighted by molar-refractivity contribution is 0.0952. The zero-order valence-electron chi connectivity index (χ0n) is 13.9. The third-order valence-electron chi connectivity index (χ3n) is 3.86. The van der Waals surface area contributed by atoms with Crippen LogP contribution < -0.4 is 10.2 Å². The van der Waals surface area contributed by atoms with Gasteiger partial charge in [-0.05, 0) is 37.1 Å². The molecule has 23 heavy (non-hydrogen) atoms. The van der Waals surface area contributed by atoms with Gasteiger partial charge in [-0.1, -0.05) is 6.92 Å². The highest BCUT2D eigenvalue weighted by Crippen LogP contribution is 2.14. The summed E-state index contributed by atoms with van der Waals surface area (Å²) >= 11 is 0. The Morgan fingerprint density at radius 1 is 1.35 bits per heavy atom. The number of hydrogen-bond donors (Lipinski definition) is 1. The van der Waals surface area contributed by atoms with Crippen molar-refractivity contribution in [3.63, 3.8) is 0 Å². The molecule has 2 rings (SSSR count). The first kappa shape index (κ1) is 17.1. The molecule has 1 fully saturated rings. The zero-order valence-corrected chi connectivity index (χ0v) is 13.9. The number of nitrogens with one attached hydrogen (secondary N) is 1. The Morgan fingerprint density at radius 3 is 2.70 bits per heavy atom. The summed E-state index contributed by atoms with van der Waals surface area (Å²) in [4.78, 5) is 27.2. The maximum atomic E-state index is 12.1. The highest BCUT2D eigenvalue weighted by atomic mass is 16.6. The highest BCUT2D eigenvalue weighted by Gasteiger charge is 2.20. The monoisotopic (exact) mass is 319 g/mol. The molecule has 0 radical (unpaired) electrons. The van der Waals surface area contributed by atoms with Crippen LogP contribution in [0.15, 0.2) is 24.3 Å². The molecule has 0 aromatic heterocycles. The Balaban J connectivity index is 1.73. The van der Waals surface area contributed by atoms with Gasteiger partial charge in [0.15, 0.2) is 0 Å². The maximum absolute atomic E-state index is 12.1. The van der Waals surface area contributed by atoms with Crippen LogP contribution in [0.25, 0.3) is 0 Å². The van der Waals surface area contributed by atoms with E-state index in [0.29, 0.717) is 31.8 Å². The average Bonchev–Trinajstić information content (AvgIpc) is 2.97. The van der Waals surface area contributed by atoms with Crippen molar-refractivity contribution >= 4 is 17.7 Å². The van der Waals surface area contributed by atoms with Crippen molar-refractivity contribution in [2.75, 3.05) is 44.7 Å². The van der Waals surface area contributed by atoms with Gasteiger partial charge in [-0.3, -0.25) is 4.79 Å². The van der Waals surface area contributed by atoms with E-state index in [2.05, 4.69) is 17.1 Å². The number of nitrogens with zero attached hydrogens (tertiary/aromatic N) is 2. The Hall–Kier alpha value is -2.24. The minimum Gasteiger partial charge on any atom is -0.448 e. The maximum Gasteiger partial charge on any atom is 0.409 e. The molecule has 1 heterocycles. The van der Waals surface area contributed by atoms with Crippen LogP contribution in [0, 0.1) is 0 Å². The van der Waals surface area contributed by atoms with E-state index in [1.165, 1.54) is 0 Å². The number of ether oxygens (including phenoxy) is 1. The number of carbonyl (C=O) groups excluding carboxylic acids is 2. The van der Waals surface area contributed by atoms with Crippen LogP contribution in [-0.2, 0) is 4.74 Å². The fourth-order valence-corrected chi connectivity index (χ4v) is 2.53. The van der Waals surface area contributed by atoms with Crippen molar-refractivity contribution in [2.24, 2.45) is 0 Å². The van der Waals surface area contributed by atoms with Crippen LogP contribution in [0.4, 0.5) is 10.5 Å². The first-order valence-corrected chi connectivity index (χ1v) is 8.13. The molecule has 1 aliphatic rings. The Labute approximate surface area is 137 Å². The van der Waals surface area contributed by atoms with E-state index in [0.717, 1.165) is 25.1 Å². The standard InChI is InChI=1S/C17H25N3O3/c1-3-10-19(2)15-7-5-14(6-8-15)16(21)18-9-4-11-20-12-13-23-17(20)22/h5-8H,3-4,9-13H2,1-2H3,(H,18,21). The first-order valence-electron chi connectivity index (χ1n) is 8.13. The molecule has 0 aliphatic carbocycles. The summed E-state index contributed by atoms with van der Waals surface area (Å²) in [5.74, 6) is -0.0845. The van der Waals surface area contributed by atoms with E-state index >= 15 is 0 Å². The number of amides is 2. The van der Waals surface area contributed by atoms with Crippen LogP contribution >= 0.6 is 0 Å². The molecule has 0 spiro atoms. The molecule has 6 nitrogen and oxygen atoms in total. The fourth-order valence-electron chi connectivity index (χ4n) is 2.53. The van der Waals surface area contributed by atoms with E-state index in [-0.39, 0.29) is 12.0 Å². The Bertz CT molecular complexity index is 530. The summed E-state index contributed by atoms with van der Waals surface area (Å²) in [5.41, 5.74) is 1.76. The molecule has 1 saturated heterocycles. The summed E-state index contributed by atoms with van der Waals surface area (Å²) in [6, 6.07) is 7.61. The molecule has 1 aromatic carbocycles. The molecule has 0 bridgehead atoms. The number of benzene rings is 1. The Morgan fingerprint density at radius 2 is 2.09 bits per heavy atom. The summed E-state index contributed by atoms with van der Waals surface area (Å²) in [6.07, 6.45) is 1.55. The lowest BCUT2D eigenvalue weighted by Gasteiger charge is -2.18. The average molecular weight is 319 g/mol. The van der Waals surface area contributed by atoms with Crippen molar-refractivity contribution in [2.45, 2.75) is 19.8 Å². The van der Waals surface area contributed by atoms with Gasteiger partial charge in [0, 0.05) is 37.9 Å². The second-order valence-corrected chi connectivity index (χ2v) is 5.68. The van der Waals surface area contributed by atoms with E-state index in [4.69, 9.17) is 4.74 Å². The summed E-state index contributed by atoms with van der Waals surface area (Å²) < 4.78 is 4.86. The Kier molecular flexibility index (Phi) is 6.26. The lowest BCUT2D eigenvalue weighted by atomic mass is 10.2. The van der Waals surface area contributed by atoms with Crippen molar-refractivity contribution in [1.29, 1.82) is 0 Å². The smallest absolute Gasteiger partial charge is 0.409 e. The van der Waals surface area contributed by atoms with Gasteiger partial charge in [0.25, 0.3) is 5.91 Å². The zero-order chi connectivity index (χ0) is 16.7. The minimum atomic E-state index is -0.261. The van der Waals surface area contributed by atoms with Crippen molar-refractivity contribution in [3.8, 4) is 0 Å². The van der Waals surface area contributed by atoms with Crippen LogP contribution in [0.2, 0.25) is 0 Å². The van der Waals surface area contributed by atoms with Crippen LogP contribution in [-0.4, -0.2) is 56.7 Å². The highest BCUT2D eigenvalue weighted by molar-refractivity contribution is 5.94. The molecule has 1 aliphatic heterocycles. The minimum absolute atomic E-state index is 0.0845. The van der Waals surface area contributed by atoms with E-state index < -0.39 is 0 Å². The molecule has 0 unspecified atom stereocenters. The predicted molar refractivity (Wildman–Crippen MR) is 89.9 cm³/mol. The van der Waals surface area contributed by atoms with Crippen LogP contribution in [0.3, 0.4) is 0 Å². The number of carbonyl (C=O) groups is 2. The third kappa shape index (κ3) is 4.87. The fraction of sp³-hybridized carbons (Fsp3) is 0.529. The van der Waals surface area contributed by atoms with Crippen LogP contribution in [0.5, 0.6) is 0 Å². The molecule has 1 aromatic rings. The molecular weight excluding hydrogens is 294 g/mol. The third-order valence-corrected chi connectivity index (χ3v) is 3.86. The number of anilines is 1. The van der Waals surface area contributed by atoms with Gasteiger partial charge in [0.1, 0.15) is 6.61 Å². The lowest BCUT2D eigenvalue weighted by Crippen LogP contribution is -2.30. The number of rotatable bonds is 8. The molecule has 126 valence electrons. The molecule has 0 saturated carbocycles.